The summed E-state index contributed by atoms with van der Waals surface area (Å²) in [4.78, 5) is 0. The number of aromatic amines is 1. The number of ether oxygens (including phenoxy) is 2. The van der Waals surface area contributed by atoms with Crippen LogP contribution in [0.25, 0.3) is 11.3 Å². The number of anilines is 2. The van der Waals surface area contributed by atoms with E-state index in [0.717, 1.165) is 34.1 Å². The van der Waals surface area contributed by atoms with Gasteiger partial charge in [-0.15, -0.1) is 0 Å². The zero-order valence-corrected chi connectivity index (χ0v) is 14.9. The Morgan fingerprint density at radius 3 is 2.60 bits per heavy atom. The molecule has 1 heterocycles. The maximum Gasteiger partial charge on any atom is 0.161 e. The summed E-state index contributed by atoms with van der Waals surface area (Å²) in [5.41, 5.74) is 5.23. The van der Waals surface area contributed by atoms with Crippen LogP contribution in [0.5, 0.6) is 11.5 Å². The van der Waals surface area contributed by atoms with Crippen LogP contribution in [0.15, 0.2) is 36.4 Å². The summed E-state index contributed by atoms with van der Waals surface area (Å²) >= 11 is 6.08. The minimum absolute atomic E-state index is 0.185. The van der Waals surface area contributed by atoms with Gasteiger partial charge in [0.25, 0.3) is 0 Å². The topological polar surface area (TPSA) is 59.2 Å². The molecule has 0 radical (unpaired) electrons. The van der Waals surface area contributed by atoms with Crippen molar-refractivity contribution in [1.82, 2.24) is 10.2 Å². The maximum absolute atomic E-state index is 6.08. The second kappa shape index (κ2) is 6.01. The van der Waals surface area contributed by atoms with Gasteiger partial charge in [-0.25, -0.2) is 0 Å². The van der Waals surface area contributed by atoms with E-state index in [1.807, 2.05) is 36.4 Å². The summed E-state index contributed by atoms with van der Waals surface area (Å²) in [5.74, 6) is 2.49. The SMILES string of the molecule is COc1cc2c(cc1OC)C(C)c1c-2n[nH]c1Nc1cccc(Cl)c1. The molecule has 3 aromatic rings. The maximum atomic E-state index is 6.08. The Hall–Kier alpha value is -2.66. The van der Waals surface area contributed by atoms with Crippen molar-refractivity contribution >= 4 is 23.1 Å². The monoisotopic (exact) mass is 355 g/mol. The van der Waals surface area contributed by atoms with Crippen molar-refractivity contribution in [3.8, 4) is 22.8 Å². The van der Waals surface area contributed by atoms with E-state index < -0.39 is 0 Å². The number of nitrogens with one attached hydrogen (secondary N) is 2. The molecule has 6 heteroatoms. The predicted molar refractivity (Wildman–Crippen MR) is 99.4 cm³/mol. The number of rotatable bonds is 4. The molecule has 0 amide bonds. The zero-order chi connectivity index (χ0) is 17.6. The highest BCUT2D eigenvalue weighted by Gasteiger charge is 2.32. The van der Waals surface area contributed by atoms with Crippen molar-refractivity contribution in [3.05, 3.63) is 52.5 Å². The van der Waals surface area contributed by atoms with Gasteiger partial charge < -0.3 is 14.8 Å². The lowest BCUT2D eigenvalue weighted by Crippen LogP contribution is -1.98. The van der Waals surface area contributed by atoms with Gasteiger partial charge in [0.1, 0.15) is 5.82 Å². The molecular weight excluding hydrogens is 338 g/mol. The van der Waals surface area contributed by atoms with E-state index in [1.54, 1.807) is 14.2 Å². The molecule has 2 aromatic carbocycles. The van der Waals surface area contributed by atoms with Crippen LogP contribution in [-0.4, -0.2) is 24.4 Å². The Labute approximate surface area is 150 Å². The van der Waals surface area contributed by atoms with Gasteiger partial charge in [0.05, 0.1) is 19.9 Å². The number of methoxy groups -OCH3 is 2. The van der Waals surface area contributed by atoms with Crippen molar-refractivity contribution < 1.29 is 9.47 Å². The Balaban J connectivity index is 1.77. The molecule has 4 rings (SSSR count). The highest BCUT2D eigenvalue weighted by Crippen LogP contribution is 2.50. The highest BCUT2D eigenvalue weighted by atomic mass is 35.5. The number of aromatic nitrogens is 2. The van der Waals surface area contributed by atoms with Crippen molar-refractivity contribution in [1.29, 1.82) is 0 Å². The van der Waals surface area contributed by atoms with Crippen molar-refractivity contribution in [2.24, 2.45) is 0 Å². The number of H-pyrrole nitrogens is 1. The molecule has 5 nitrogen and oxygen atoms in total. The van der Waals surface area contributed by atoms with Crippen LogP contribution in [0.4, 0.5) is 11.5 Å². The number of nitrogens with zero attached hydrogens (tertiary/aromatic N) is 1. The van der Waals surface area contributed by atoms with Gasteiger partial charge in [-0.2, -0.15) is 5.10 Å². The number of hydrogen-bond acceptors (Lipinski definition) is 4. The van der Waals surface area contributed by atoms with Gasteiger partial charge >= 0.3 is 0 Å². The Kier molecular flexibility index (Phi) is 3.81. The molecule has 128 valence electrons. The summed E-state index contributed by atoms with van der Waals surface area (Å²) < 4.78 is 10.9. The van der Waals surface area contributed by atoms with Crippen LogP contribution in [0.3, 0.4) is 0 Å². The van der Waals surface area contributed by atoms with E-state index >= 15 is 0 Å². The van der Waals surface area contributed by atoms with Crippen LogP contribution in [0.2, 0.25) is 5.02 Å². The molecule has 1 aromatic heterocycles. The van der Waals surface area contributed by atoms with Crippen LogP contribution in [0.1, 0.15) is 24.0 Å². The average molecular weight is 356 g/mol. The molecule has 0 aliphatic heterocycles. The Morgan fingerprint density at radius 2 is 1.88 bits per heavy atom. The largest absolute Gasteiger partial charge is 0.493 e. The third kappa shape index (κ3) is 2.51. The van der Waals surface area contributed by atoms with Crippen LogP contribution in [0, 0.1) is 0 Å². The van der Waals surface area contributed by atoms with Gasteiger partial charge in [0, 0.05) is 27.8 Å². The average Bonchev–Trinajstić information content (AvgIpc) is 3.14. The summed E-state index contributed by atoms with van der Waals surface area (Å²) in [7, 11) is 3.29. The predicted octanol–water partition coefficient (Wildman–Crippen LogP) is 4.96. The fraction of sp³-hybridized carbons (Fsp3) is 0.211. The van der Waals surface area contributed by atoms with Gasteiger partial charge in [0.2, 0.25) is 0 Å². The van der Waals surface area contributed by atoms with E-state index in [4.69, 9.17) is 21.1 Å². The molecule has 0 saturated carbocycles. The third-order valence-corrected chi connectivity index (χ3v) is 4.84. The fourth-order valence-electron chi connectivity index (χ4n) is 3.40. The number of hydrogen-bond donors (Lipinski definition) is 2. The quantitative estimate of drug-likeness (QED) is 0.694. The number of halogens is 1. The lowest BCUT2D eigenvalue weighted by molar-refractivity contribution is 0.354. The van der Waals surface area contributed by atoms with E-state index in [9.17, 15) is 0 Å². The van der Waals surface area contributed by atoms with Crippen molar-refractivity contribution in [2.45, 2.75) is 12.8 Å². The molecule has 0 bridgehead atoms. The van der Waals surface area contributed by atoms with Crippen molar-refractivity contribution in [2.75, 3.05) is 19.5 Å². The molecule has 1 atom stereocenters. The second-order valence-electron chi connectivity index (χ2n) is 6.01. The van der Waals surface area contributed by atoms with E-state index in [0.29, 0.717) is 10.8 Å². The van der Waals surface area contributed by atoms with E-state index in [-0.39, 0.29) is 5.92 Å². The van der Waals surface area contributed by atoms with E-state index in [2.05, 4.69) is 22.4 Å². The van der Waals surface area contributed by atoms with E-state index in [1.165, 1.54) is 5.56 Å². The van der Waals surface area contributed by atoms with Gasteiger partial charge in [-0.05, 0) is 35.9 Å². The summed E-state index contributed by atoms with van der Waals surface area (Å²) in [6.45, 7) is 2.16. The molecule has 2 N–H and O–H groups in total. The minimum Gasteiger partial charge on any atom is -0.493 e. The Morgan fingerprint density at radius 1 is 1.12 bits per heavy atom. The van der Waals surface area contributed by atoms with Crippen LogP contribution >= 0.6 is 11.6 Å². The zero-order valence-electron chi connectivity index (χ0n) is 14.2. The third-order valence-electron chi connectivity index (χ3n) is 4.61. The van der Waals surface area contributed by atoms with Gasteiger partial charge in [0.15, 0.2) is 11.5 Å². The molecule has 1 unspecified atom stereocenters. The molecular formula is C19H18ClN3O2. The highest BCUT2D eigenvalue weighted by molar-refractivity contribution is 6.30. The summed E-state index contributed by atoms with van der Waals surface area (Å²) in [6.07, 6.45) is 0. The first-order valence-corrected chi connectivity index (χ1v) is 8.37. The normalized spacial score (nSPS) is 14.8. The first-order chi connectivity index (χ1) is 12.1. The molecule has 0 saturated heterocycles. The second-order valence-corrected chi connectivity index (χ2v) is 6.45. The van der Waals surface area contributed by atoms with Crippen LogP contribution in [-0.2, 0) is 0 Å². The molecule has 1 aliphatic rings. The summed E-state index contributed by atoms with van der Waals surface area (Å²) in [6, 6.07) is 11.6. The Bertz CT molecular complexity index is 952. The minimum atomic E-state index is 0.185. The fourth-order valence-corrected chi connectivity index (χ4v) is 3.59. The van der Waals surface area contributed by atoms with Gasteiger partial charge in [-0.1, -0.05) is 24.6 Å². The first-order valence-electron chi connectivity index (χ1n) is 7.99. The van der Waals surface area contributed by atoms with Crippen molar-refractivity contribution in [3.63, 3.8) is 0 Å². The van der Waals surface area contributed by atoms with Gasteiger partial charge in [-0.3, -0.25) is 5.10 Å². The molecule has 25 heavy (non-hydrogen) atoms. The standard InChI is InChI=1S/C19H18ClN3O2/c1-10-13-8-15(24-2)16(25-3)9-14(13)18-17(10)19(23-22-18)21-12-6-4-5-11(20)7-12/h4-10H,1-3H3,(H2,21,22,23). The van der Waals surface area contributed by atoms with Crippen LogP contribution < -0.4 is 14.8 Å². The number of benzene rings is 2. The number of fused-ring (bicyclic) bond motifs is 3. The molecule has 0 spiro atoms. The molecule has 1 aliphatic carbocycles. The first kappa shape index (κ1) is 15.8. The molecule has 0 fully saturated rings. The summed E-state index contributed by atoms with van der Waals surface area (Å²) in [5, 5.41) is 11.7. The lowest BCUT2D eigenvalue weighted by Gasteiger charge is -2.13. The smallest absolute Gasteiger partial charge is 0.161 e. The lowest BCUT2D eigenvalue weighted by atomic mass is 9.99.